The number of carbonyl (C=O) groups excluding carboxylic acids is 2. The molecule has 3 nitrogen and oxygen atoms in total. The molecule has 23 heavy (non-hydrogen) atoms. The Morgan fingerprint density at radius 1 is 1.09 bits per heavy atom. The molecular formula is C19H18O3S. The van der Waals surface area contributed by atoms with E-state index in [0.29, 0.717) is 12.0 Å². The molecule has 0 saturated heterocycles. The van der Waals surface area contributed by atoms with Crippen LogP contribution in [0.3, 0.4) is 0 Å². The summed E-state index contributed by atoms with van der Waals surface area (Å²) in [6.07, 6.45) is 3.85. The highest BCUT2D eigenvalue weighted by atomic mass is 32.2. The molecule has 0 bridgehead atoms. The standard InChI is InChI=1S/C19H18O3S/c1-22-19(21)13-17(12-11-15-7-3-2-4-8-15)23-18-10-6-5-9-16(18)14-20/h2-10,13-14H,11-12H2,1H3/b17-13-. The van der Waals surface area contributed by atoms with E-state index in [1.807, 2.05) is 36.4 Å². The summed E-state index contributed by atoms with van der Waals surface area (Å²) in [7, 11) is 1.36. The summed E-state index contributed by atoms with van der Waals surface area (Å²) in [4.78, 5) is 24.4. The predicted octanol–water partition coefficient (Wildman–Crippen LogP) is 4.28. The average Bonchev–Trinajstić information content (AvgIpc) is 2.60. The molecule has 2 aromatic carbocycles. The maximum absolute atomic E-state index is 11.6. The second-order valence-electron chi connectivity index (χ2n) is 4.88. The molecule has 0 amide bonds. The molecule has 0 N–H and O–H groups in total. The zero-order chi connectivity index (χ0) is 16.5. The lowest BCUT2D eigenvalue weighted by Crippen LogP contribution is -1.98. The number of carbonyl (C=O) groups is 2. The van der Waals surface area contributed by atoms with Gasteiger partial charge in [0.2, 0.25) is 0 Å². The number of benzene rings is 2. The molecule has 0 aliphatic rings. The van der Waals surface area contributed by atoms with Gasteiger partial charge in [0.25, 0.3) is 0 Å². The van der Waals surface area contributed by atoms with Crippen LogP contribution in [0, 0.1) is 0 Å². The maximum Gasteiger partial charge on any atom is 0.331 e. The summed E-state index contributed by atoms with van der Waals surface area (Å²) < 4.78 is 4.73. The summed E-state index contributed by atoms with van der Waals surface area (Å²) in [5.41, 5.74) is 1.82. The average molecular weight is 326 g/mol. The summed E-state index contributed by atoms with van der Waals surface area (Å²) in [5, 5.41) is 0. The van der Waals surface area contributed by atoms with Crippen molar-refractivity contribution in [2.24, 2.45) is 0 Å². The smallest absolute Gasteiger partial charge is 0.331 e. The van der Waals surface area contributed by atoms with Crippen LogP contribution in [-0.2, 0) is 16.0 Å². The molecule has 2 rings (SSSR count). The van der Waals surface area contributed by atoms with Crippen LogP contribution >= 0.6 is 11.8 Å². The van der Waals surface area contributed by atoms with E-state index >= 15 is 0 Å². The first kappa shape index (κ1) is 17.0. The Balaban J connectivity index is 2.16. The fourth-order valence-electron chi connectivity index (χ4n) is 2.07. The van der Waals surface area contributed by atoms with E-state index in [1.165, 1.54) is 30.5 Å². The van der Waals surface area contributed by atoms with Gasteiger partial charge in [-0.25, -0.2) is 4.79 Å². The van der Waals surface area contributed by atoms with Crippen molar-refractivity contribution < 1.29 is 14.3 Å². The number of ether oxygens (including phenoxy) is 1. The van der Waals surface area contributed by atoms with Gasteiger partial charge in [-0.1, -0.05) is 60.3 Å². The second kappa shape index (κ2) is 8.96. The topological polar surface area (TPSA) is 43.4 Å². The summed E-state index contributed by atoms with van der Waals surface area (Å²) >= 11 is 1.43. The number of methoxy groups -OCH3 is 1. The SMILES string of the molecule is COC(=O)/C=C(/CCc1ccccc1)Sc1ccccc1C=O. The van der Waals surface area contributed by atoms with Crippen LogP contribution in [0.25, 0.3) is 0 Å². The quantitative estimate of drug-likeness (QED) is 0.330. The van der Waals surface area contributed by atoms with Gasteiger partial charge in [-0.15, -0.1) is 0 Å². The molecule has 0 fully saturated rings. The van der Waals surface area contributed by atoms with Crippen LogP contribution in [0.5, 0.6) is 0 Å². The van der Waals surface area contributed by atoms with Gasteiger partial charge in [0, 0.05) is 16.5 Å². The minimum atomic E-state index is -0.385. The number of allylic oxidation sites excluding steroid dienone is 1. The van der Waals surface area contributed by atoms with Crippen LogP contribution in [0.15, 0.2) is 70.5 Å². The normalized spacial score (nSPS) is 11.1. The Bertz CT molecular complexity index is 693. The van der Waals surface area contributed by atoms with Crippen molar-refractivity contribution in [1.29, 1.82) is 0 Å². The third kappa shape index (κ3) is 5.42. The monoisotopic (exact) mass is 326 g/mol. The lowest BCUT2D eigenvalue weighted by molar-refractivity contribution is -0.134. The van der Waals surface area contributed by atoms with Crippen molar-refractivity contribution in [2.75, 3.05) is 7.11 Å². The van der Waals surface area contributed by atoms with E-state index in [-0.39, 0.29) is 5.97 Å². The number of rotatable bonds is 7. The lowest BCUT2D eigenvalue weighted by atomic mass is 10.1. The van der Waals surface area contributed by atoms with Crippen molar-refractivity contribution in [1.82, 2.24) is 0 Å². The van der Waals surface area contributed by atoms with Gasteiger partial charge in [0.1, 0.15) is 0 Å². The fourth-order valence-corrected chi connectivity index (χ4v) is 3.09. The van der Waals surface area contributed by atoms with Gasteiger partial charge in [0.15, 0.2) is 6.29 Å². The first-order chi connectivity index (χ1) is 11.2. The van der Waals surface area contributed by atoms with Crippen molar-refractivity contribution in [3.05, 3.63) is 76.7 Å². The van der Waals surface area contributed by atoms with Crippen LogP contribution in [0.2, 0.25) is 0 Å². The number of hydrogen-bond acceptors (Lipinski definition) is 4. The Morgan fingerprint density at radius 3 is 2.48 bits per heavy atom. The number of thioether (sulfide) groups is 1. The van der Waals surface area contributed by atoms with Crippen molar-refractivity contribution >= 4 is 24.0 Å². The largest absolute Gasteiger partial charge is 0.466 e. The highest BCUT2D eigenvalue weighted by Crippen LogP contribution is 2.31. The lowest BCUT2D eigenvalue weighted by Gasteiger charge is -2.09. The second-order valence-corrected chi connectivity index (χ2v) is 6.05. The highest BCUT2D eigenvalue weighted by molar-refractivity contribution is 8.03. The summed E-state index contributed by atoms with van der Waals surface area (Å²) in [6, 6.07) is 17.4. The van der Waals surface area contributed by atoms with Gasteiger partial charge >= 0.3 is 5.97 Å². The number of hydrogen-bond donors (Lipinski definition) is 0. The van der Waals surface area contributed by atoms with E-state index < -0.39 is 0 Å². The molecule has 0 aromatic heterocycles. The van der Waals surface area contributed by atoms with Crippen LogP contribution in [-0.4, -0.2) is 19.4 Å². The molecule has 0 aliphatic carbocycles. The minimum absolute atomic E-state index is 0.385. The van der Waals surface area contributed by atoms with Gasteiger partial charge in [-0.2, -0.15) is 0 Å². The third-order valence-electron chi connectivity index (χ3n) is 3.27. The minimum Gasteiger partial charge on any atom is -0.466 e. The van der Waals surface area contributed by atoms with Crippen molar-refractivity contribution in [3.8, 4) is 0 Å². The summed E-state index contributed by atoms with van der Waals surface area (Å²) in [5.74, 6) is -0.385. The Morgan fingerprint density at radius 2 is 1.78 bits per heavy atom. The fraction of sp³-hybridized carbons (Fsp3) is 0.158. The molecule has 0 atom stereocenters. The number of aldehydes is 1. The van der Waals surface area contributed by atoms with Gasteiger partial charge in [-0.05, 0) is 29.4 Å². The highest BCUT2D eigenvalue weighted by Gasteiger charge is 2.08. The van der Waals surface area contributed by atoms with Crippen molar-refractivity contribution in [2.45, 2.75) is 17.7 Å². The Hall–Kier alpha value is -2.33. The molecule has 4 heteroatoms. The van der Waals surface area contributed by atoms with E-state index in [4.69, 9.17) is 4.74 Å². The molecule has 0 spiro atoms. The number of aryl methyl sites for hydroxylation is 1. The van der Waals surface area contributed by atoms with Gasteiger partial charge < -0.3 is 4.74 Å². The zero-order valence-electron chi connectivity index (χ0n) is 12.9. The first-order valence-corrected chi connectivity index (χ1v) is 8.09. The van der Waals surface area contributed by atoms with Gasteiger partial charge in [-0.3, -0.25) is 4.79 Å². The van der Waals surface area contributed by atoms with Crippen molar-refractivity contribution in [3.63, 3.8) is 0 Å². The molecule has 0 radical (unpaired) electrons. The molecule has 118 valence electrons. The van der Waals surface area contributed by atoms with E-state index in [1.54, 1.807) is 6.07 Å². The Labute approximate surface area is 140 Å². The molecular weight excluding hydrogens is 308 g/mol. The third-order valence-corrected chi connectivity index (χ3v) is 4.45. The summed E-state index contributed by atoms with van der Waals surface area (Å²) in [6.45, 7) is 0. The van der Waals surface area contributed by atoms with Crippen LogP contribution in [0.4, 0.5) is 0 Å². The van der Waals surface area contributed by atoms with Crippen LogP contribution < -0.4 is 0 Å². The van der Waals surface area contributed by atoms with E-state index in [9.17, 15) is 9.59 Å². The van der Waals surface area contributed by atoms with Gasteiger partial charge in [0.05, 0.1) is 7.11 Å². The molecule has 0 unspecified atom stereocenters. The number of esters is 1. The Kier molecular flexibility index (Phi) is 6.63. The molecule has 0 saturated carbocycles. The maximum atomic E-state index is 11.6. The molecule has 0 aliphatic heterocycles. The zero-order valence-corrected chi connectivity index (χ0v) is 13.7. The predicted molar refractivity (Wildman–Crippen MR) is 92.5 cm³/mol. The first-order valence-electron chi connectivity index (χ1n) is 7.27. The molecule has 2 aromatic rings. The van der Waals surface area contributed by atoms with E-state index in [0.717, 1.165) is 22.5 Å². The van der Waals surface area contributed by atoms with E-state index in [2.05, 4.69) is 12.1 Å². The molecule has 0 heterocycles. The van der Waals surface area contributed by atoms with Crippen LogP contribution in [0.1, 0.15) is 22.3 Å².